The van der Waals surface area contributed by atoms with E-state index in [1.807, 2.05) is 0 Å². The number of aromatic nitrogens is 1. The molecule has 2 aromatic rings. The largest absolute Gasteiger partial charge is 0.507 e. The Morgan fingerprint density at radius 3 is 2.66 bits per heavy atom. The van der Waals surface area contributed by atoms with Crippen molar-refractivity contribution in [2.45, 2.75) is 32.5 Å². The molecule has 0 saturated heterocycles. The predicted molar refractivity (Wildman–Crippen MR) is 103 cm³/mol. The quantitative estimate of drug-likeness (QED) is 0.681. The van der Waals surface area contributed by atoms with Gasteiger partial charge in [-0.3, -0.25) is 9.79 Å². The lowest BCUT2D eigenvalue weighted by Gasteiger charge is -2.18. The number of hydrogen-bond acceptors (Lipinski definition) is 5. The topological polar surface area (TPSA) is 101 Å². The highest BCUT2D eigenvalue weighted by atomic mass is 19.4. The molecule has 1 aliphatic heterocycles. The van der Waals surface area contributed by atoms with E-state index in [4.69, 9.17) is 5.73 Å². The van der Waals surface area contributed by atoms with Crippen LogP contribution in [0, 0.1) is 6.92 Å². The molecule has 0 spiro atoms. The maximum Gasteiger partial charge on any atom is 0.416 e. The highest BCUT2D eigenvalue weighted by Crippen LogP contribution is 2.38. The molecular formula is C20H19F3N4O2. The Kier molecular flexibility index (Phi) is 5.32. The van der Waals surface area contributed by atoms with Crippen LogP contribution in [0.25, 0.3) is 11.3 Å². The van der Waals surface area contributed by atoms with Gasteiger partial charge in [0, 0.05) is 23.8 Å². The van der Waals surface area contributed by atoms with Crippen LogP contribution in [0.15, 0.2) is 41.0 Å². The third-order valence-corrected chi connectivity index (χ3v) is 4.53. The number of anilines is 1. The minimum Gasteiger partial charge on any atom is -0.507 e. The summed E-state index contributed by atoms with van der Waals surface area (Å²) in [5, 5.41) is 12.9. The van der Waals surface area contributed by atoms with Crippen LogP contribution >= 0.6 is 0 Å². The van der Waals surface area contributed by atoms with Gasteiger partial charge < -0.3 is 16.2 Å². The number of aryl methyl sites for hydroxylation is 1. The molecule has 4 N–H and O–H groups in total. The van der Waals surface area contributed by atoms with Gasteiger partial charge in [0.15, 0.2) is 0 Å². The van der Waals surface area contributed by atoms with Crippen molar-refractivity contribution in [2.75, 3.05) is 5.73 Å². The van der Waals surface area contributed by atoms with Gasteiger partial charge in [0.2, 0.25) is 5.91 Å². The van der Waals surface area contributed by atoms with E-state index in [1.165, 1.54) is 13.1 Å². The van der Waals surface area contributed by atoms with Gasteiger partial charge in [-0.15, -0.1) is 0 Å². The molecule has 1 aromatic carbocycles. The van der Waals surface area contributed by atoms with Crippen LogP contribution in [0.3, 0.4) is 0 Å². The number of alkyl halides is 3. The zero-order chi connectivity index (χ0) is 21.3. The summed E-state index contributed by atoms with van der Waals surface area (Å²) in [6.07, 6.45) is -1.08. The highest BCUT2D eigenvalue weighted by Gasteiger charge is 2.32. The molecule has 1 atom stereocenters. The number of amides is 1. The van der Waals surface area contributed by atoms with Crippen molar-refractivity contribution < 1.29 is 23.1 Å². The number of pyridine rings is 1. The molecule has 1 aliphatic rings. The fourth-order valence-electron chi connectivity index (χ4n) is 3.06. The van der Waals surface area contributed by atoms with E-state index in [2.05, 4.69) is 15.3 Å². The first-order chi connectivity index (χ1) is 13.6. The highest BCUT2D eigenvalue weighted by molar-refractivity contribution is 5.88. The predicted octanol–water partition coefficient (Wildman–Crippen LogP) is 3.57. The molecule has 1 amide bonds. The van der Waals surface area contributed by atoms with E-state index in [-0.39, 0.29) is 41.0 Å². The lowest BCUT2D eigenvalue weighted by atomic mass is 10.00. The SMILES string of the molecule is Cc1cc(C(F)(F)F)cc(O)c1-c1ccc(C=NC2=CCC(=O)NC2C)c(N)n1. The van der Waals surface area contributed by atoms with Crippen molar-refractivity contribution in [1.29, 1.82) is 0 Å². The third-order valence-electron chi connectivity index (χ3n) is 4.53. The Hall–Kier alpha value is -3.36. The van der Waals surface area contributed by atoms with Crippen molar-refractivity contribution in [1.82, 2.24) is 10.3 Å². The molecule has 9 heteroatoms. The molecule has 152 valence electrons. The van der Waals surface area contributed by atoms with E-state index < -0.39 is 17.5 Å². The van der Waals surface area contributed by atoms with Gasteiger partial charge in [0.25, 0.3) is 0 Å². The third kappa shape index (κ3) is 4.39. The summed E-state index contributed by atoms with van der Waals surface area (Å²) in [5.74, 6) is -0.491. The monoisotopic (exact) mass is 404 g/mol. The van der Waals surface area contributed by atoms with Crippen molar-refractivity contribution in [2.24, 2.45) is 4.99 Å². The van der Waals surface area contributed by atoms with E-state index in [9.17, 15) is 23.1 Å². The van der Waals surface area contributed by atoms with Crippen molar-refractivity contribution in [3.8, 4) is 17.0 Å². The number of nitrogens with one attached hydrogen (secondary N) is 1. The van der Waals surface area contributed by atoms with E-state index in [1.54, 1.807) is 25.1 Å². The van der Waals surface area contributed by atoms with Gasteiger partial charge in [-0.25, -0.2) is 4.98 Å². The molecule has 0 bridgehead atoms. The zero-order valence-electron chi connectivity index (χ0n) is 15.7. The van der Waals surface area contributed by atoms with Crippen LogP contribution in [0.5, 0.6) is 5.75 Å². The van der Waals surface area contributed by atoms with Gasteiger partial charge in [0.1, 0.15) is 11.6 Å². The lowest BCUT2D eigenvalue weighted by Crippen LogP contribution is -2.36. The first-order valence-corrected chi connectivity index (χ1v) is 8.77. The van der Waals surface area contributed by atoms with Crippen LogP contribution in [-0.4, -0.2) is 28.3 Å². The van der Waals surface area contributed by atoms with Crippen molar-refractivity contribution in [3.63, 3.8) is 0 Å². The maximum atomic E-state index is 12.9. The number of nitrogens with two attached hydrogens (primary N) is 1. The summed E-state index contributed by atoms with van der Waals surface area (Å²) in [5.41, 5.74) is 6.88. The standard InChI is InChI=1S/C20H19F3N4O2/c1-10-7-13(20(21,22)23)8-16(28)18(10)15-4-3-12(19(24)27-15)9-25-14-5-6-17(29)26-11(14)2/h3-5,7-9,11,28H,6H2,1-2H3,(H2,24,27)(H,26,29). The summed E-state index contributed by atoms with van der Waals surface area (Å²) in [4.78, 5) is 19.9. The average Bonchev–Trinajstić information content (AvgIpc) is 2.61. The minimum absolute atomic E-state index is 0.0753. The fraction of sp³-hybridized carbons (Fsp3) is 0.250. The number of phenols is 1. The molecule has 29 heavy (non-hydrogen) atoms. The summed E-state index contributed by atoms with van der Waals surface area (Å²) in [6.45, 7) is 3.27. The summed E-state index contributed by atoms with van der Waals surface area (Å²) >= 11 is 0. The number of carbonyl (C=O) groups excluding carboxylic acids is 1. The Morgan fingerprint density at radius 1 is 1.34 bits per heavy atom. The molecule has 1 unspecified atom stereocenters. The van der Waals surface area contributed by atoms with Crippen LogP contribution < -0.4 is 11.1 Å². The lowest BCUT2D eigenvalue weighted by molar-refractivity contribution is -0.137. The molecule has 0 aliphatic carbocycles. The fourth-order valence-corrected chi connectivity index (χ4v) is 3.06. The molecule has 3 rings (SSSR count). The van der Waals surface area contributed by atoms with E-state index in [0.29, 0.717) is 17.3 Å². The number of carbonyl (C=O) groups is 1. The summed E-state index contributed by atoms with van der Waals surface area (Å²) < 4.78 is 38.7. The number of nitrogen functional groups attached to an aromatic ring is 1. The average molecular weight is 404 g/mol. The van der Waals surface area contributed by atoms with Gasteiger partial charge in [0.05, 0.1) is 23.0 Å². The second kappa shape index (κ2) is 7.57. The first-order valence-electron chi connectivity index (χ1n) is 8.77. The van der Waals surface area contributed by atoms with Crippen LogP contribution in [0.1, 0.15) is 30.0 Å². The number of hydrogen-bond donors (Lipinski definition) is 3. The molecule has 1 aromatic heterocycles. The number of rotatable bonds is 3. The zero-order valence-corrected chi connectivity index (χ0v) is 15.7. The van der Waals surface area contributed by atoms with Gasteiger partial charge in [-0.1, -0.05) is 6.08 Å². The van der Waals surface area contributed by atoms with Crippen LogP contribution in [0.2, 0.25) is 0 Å². The number of nitrogens with zero attached hydrogens (tertiary/aromatic N) is 2. The molecule has 2 heterocycles. The molecule has 0 saturated carbocycles. The summed E-state index contributed by atoms with van der Waals surface area (Å²) in [6, 6.07) is 4.55. The van der Waals surface area contributed by atoms with Crippen LogP contribution in [-0.2, 0) is 11.0 Å². The summed E-state index contributed by atoms with van der Waals surface area (Å²) in [7, 11) is 0. The van der Waals surface area contributed by atoms with Gasteiger partial charge in [-0.05, 0) is 43.7 Å². The molecule has 0 radical (unpaired) electrons. The Balaban J connectivity index is 1.91. The Bertz CT molecular complexity index is 1010. The molecule has 6 nitrogen and oxygen atoms in total. The Labute approximate surface area is 165 Å². The second-order valence-electron chi connectivity index (χ2n) is 6.74. The smallest absolute Gasteiger partial charge is 0.416 e. The van der Waals surface area contributed by atoms with E-state index in [0.717, 1.165) is 6.07 Å². The minimum atomic E-state index is -4.56. The van der Waals surface area contributed by atoms with Crippen LogP contribution in [0.4, 0.5) is 19.0 Å². The number of aromatic hydroxyl groups is 1. The number of aliphatic imine (C=N–C) groups is 1. The van der Waals surface area contributed by atoms with E-state index >= 15 is 0 Å². The number of halogens is 3. The maximum absolute atomic E-state index is 12.9. The van der Waals surface area contributed by atoms with Gasteiger partial charge in [-0.2, -0.15) is 13.2 Å². The number of phenolic OH excluding ortho intramolecular Hbond substituents is 1. The second-order valence-corrected chi connectivity index (χ2v) is 6.74. The van der Waals surface area contributed by atoms with Crippen molar-refractivity contribution >= 4 is 17.9 Å². The normalized spacial score (nSPS) is 17.3. The van der Waals surface area contributed by atoms with Gasteiger partial charge >= 0.3 is 6.18 Å². The Morgan fingerprint density at radius 2 is 2.07 bits per heavy atom. The molecular weight excluding hydrogens is 385 g/mol. The van der Waals surface area contributed by atoms with Crippen molar-refractivity contribution in [3.05, 3.63) is 52.7 Å². The number of benzene rings is 1. The first kappa shape index (κ1) is 20.4. The molecule has 0 fully saturated rings.